The number of nitrogens with zero attached hydrogens (tertiary/aromatic N) is 3. The fourth-order valence-electron chi connectivity index (χ4n) is 1.58. The molecule has 1 aromatic heterocycles. The molecule has 0 aliphatic carbocycles. The Balaban J connectivity index is 1.96. The highest BCUT2D eigenvalue weighted by Crippen LogP contribution is 2.13. The first-order valence-corrected chi connectivity index (χ1v) is 6.75. The molecule has 2 rings (SSSR count). The minimum atomic E-state index is 0.419. The fourth-order valence-corrected chi connectivity index (χ4v) is 1.99. The van der Waals surface area contributed by atoms with E-state index in [0.29, 0.717) is 5.15 Å². The van der Waals surface area contributed by atoms with Gasteiger partial charge in [-0.1, -0.05) is 39.7 Å². The van der Waals surface area contributed by atoms with E-state index < -0.39 is 0 Å². The van der Waals surface area contributed by atoms with Crippen LogP contribution >= 0.6 is 27.5 Å². The maximum atomic E-state index is 5.82. The van der Waals surface area contributed by atoms with Gasteiger partial charge in [-0.2, -0.15) is 0 Å². The van der Waals surface area contributed by atoms with Gasteiger partial charge in [-0.05, 0) is 24.1 Å². The van der Waals surface area contributed by atoms with Gasteiger partial charge in [0, 0.05) is 18.1 Å². The van der Waals surface area contributed by atoms with Crippen molar-refractivity contribution >= 4 is 33.3 Å². The number of likely N-dealkylation sites (N-methyl/N-ethyl adjacent to an activating group) is 1. The van der Waals surface area contributed by atoms with E-state index in [4.69, 9.17) is 11.6 Å². The summed E-state index contributed by atoms with van der Waals surface area (Å²) >= 11 is 9.24. The zero-order valence-electron chi connectivity index (χ0n) is 9.98. The molecule has 1 heterocycles. The molecule has 0 spiro atoms. The van der Waals surface area contributed by atoms with Crippen LogP contribution in [-0.4, -0.2) is 23.6 Å². The van der Waals surface area contributed by atoms with Gasteiger partial charge < -0.3 is 4.90 Å². The Hall–Kier alpha value is -1.13. The molecule has 2 aromatic rings. The van der Waals surface area contributed by atoms with E-state index in [1.807, 2.05) is 11.9 Å². The molecule has 0 aliphatic heterocycles. The minimum Gasteiger partial charge on any atom is -0.358 e. The number of hydrogen-bond acceptors (Lipinski definition) is 3. The first kappa shape index (κ1) is 13.3. The maximum Gasteiger partial charge on any atom is 0.149 e. The van der Waals surface area contributed by atoms with E-state index in [1.165, 1.54) is 11.8 Å². The Kier molecular flexibility index (Phi) is 4.55. The molecule has 0 amide bonds. The van der Waals surface area contributed by atoms with Gasteiger partial charge >= 0.3 is 0 Å². The summed E-state index contributed by atoms with van der Waals surface area (Å²) in [6, 6.07) is 8.33. The molecule has 0 bridgehead atoms. The van der Waals surface area contributed by atoms with Crippen molar-refractivity contribution in [1.29, 1.82) is 0 Å². The van der Waals surface area contributed by atoms with Crippen molar-refractivity contribution < 1.29 is 0 Å². The number of anilines is 1. The van der Waals surface area contributed by atoms with Crippen molar-refractivity contribution in [3.63, 3.8) is 0 Å². The monoisotopic (exact) mass is 325 g/mol. The van der Waals surface area contributed by atoms with Crippen molar-refractivity contribution in [3.8, 4) is 0 Å². The molecule has 18 heavy (non-hydrogen) atoms. The van der Waals surface area contributed by atoms with Crippen LogP contribution in [0.25, 0.3) is 0 Å². The fraction of sp³-hybridized carbons (Fsp3) is 0.231. The van der Waals surface area contributed by atoms with Crippen molar-refractivity contribution in [2.75, 3.05) is 18.5 Å². The third kappa shape index (κ3) is 3.68. The summed E-state index contributed by atoms with van der Waals surface area (Å²) in [5.41, 5.74) is 1.29. The van der Waals surface area contributed by atoms with Crippen LogP contribution in [0.15, 0.2) is 41.1 Å². The minimum absolute atomic E-state index is 0.419. The van der Waals surface area contributed by atoms with Crippen LogP contribution in [0.3, 0.4) is 0 Å². The zero-order valence-corrected chi connectivity index (χ0v) is 12.3. The van der Waals surface area contributed by atoms with Crippen molar-refractivity contribution in [2.45, 2.75) is 6.42 Å². The molecule has 0 radical (unpaired) electrons. The Morgan fingerprint density at radius 2 is 1.94 bits per heavy atom. The smallest absolute Gasteiger partial charge is 0.149 e. The number of benzene rings is 1. The second-order valence-electron chi connectivity index (χ2n) is 4.00. The lowest BCUT2D eigenvalue weighted by atomic mass is 10.1. The van der Waals surface area contributed by atoms with Crippen LogP contribution in [0, 0.1) is 0 Å². The topological polar surface area (TPSA) is 29.0 Å². The van der Waals surface area contributed by atoms with Gasteiger partial charge in [0.2, 0.25) is 0 Å². The molecule has 0 unspecified atom stereocenters. The van der Waals surface area contributed by atoms with E-state index in [9.17, 15) is 0 Å². The van der Waals surface area contributed by atoms with Crippen LogP contribution in [-0.2, 0) is 6.42 Å². The molecule has 0 atom stereocenters. The molecular formula is C13H13BrClN3. The zero-order chi connectivity index (χ0) is 13.0. The van der Waals surface area contributed by atoms with E-state index in [2.05, 4.69) is 50.2 Å². The van der Waals surface area contributed by atoms with Gasteiger partial charge in [0.1, 0.15) is 11.0 Å². The summed E-state index contributed by atoms with van der Waals surface area (Å²) in [5, 5.41) is 0.419. The highest BCUT2D eigenvalue weighted by Gasteiger charge is 2.04. The third-order valence-corrected chi connectivity index (χ3v) is 3.34. The summed E-state index contributed by atoms with van der Waals surface area (Å²) in [5.74, 6) is 0.791. The summed E-state index contributed by atoms with van der Waals surface area (Å²) in [4.78, 5) is 10.3. The third-order valence-electron chi connectivity index (χ3n) is 2.63. The molecule has 1 aromatic carbocycles. The normalized spacial score (nSPS) is 10.4. The van der Waals surface area contributed by atoms with Gasteiger partial charge in [0.25, 0.3) is 0 Å². The highest BCUT2D eigenvalue weighted by molar-refractivity contribution is 9.10. The summed E-state index contributed by atoms with van der Waals surface area (Å²) in [6.07, 6.45) is 4.21. The number of halogens is 2. The Bertz CT molecular complexity index is 516. The van der Waals surface area contributed by atoms with E-state index in [1.54, 1.807) is 6.20 Å². The number of aromatic nitrogens is 2. The molecule has 0 aliphatic rings. The lowest BCUT2D eigenvalue weighted by molar-refractivity contribution is 0.855. The molecule has 3 nitrogen and oxygen atoms in total. The van der Waals surface area contributed by atoms with Gasteiger partial charge in [0.05, 0.1) is 12.4 Å². The van der Waals surface area contributed by atoms with Gasteiger partial charge in [-0.3, -0.25) is 4.98 Å². The molecule has 0 saturated carbocycles. The number of hydrogen-bond donors (Lipinski definition) is 0. The maximum absolute atomic E-state index is 5.82. The standard InChI is InChI=1S/C13H13BrClN3/c1-18(13-9-16-8-12(15)17-13)7-6-10-2-4-11(14)5-3-10/h2-5,8-9H,6-7H2,1H3. The molecule has 94 valence electrons. The van der Waals surface area contributed by atoms with Crippen LogP contribution in [0.5, 0.6) is 0 Å². The molecular weight excluding hydrogens is 314 g/mol. The van der Waals surface area contributed by atoms with Crippen molar-refractivity contribution in [1.82, 2.24) is 9.97 Å². The van der Waals surface area contributed by atoms with Gasteiger partial charge in [0.15, 0.2) is 0 Å². The van der Waals surface area contributed by atoms with Crippen LogP contribution < -0.4 is 4.90 Å². The quantitative estimate of drug-likeness (QED) is 0.860. The molecule has 0 N–H and O–H groups in total. The first-order valence-electron chi connectivity index (χ1n) is 5.58. The Labute approximate surface area is 120 Å². The molecule has 0 fully saturated rings. The van der Waals surface area contributed by atoms with Crippen molar-refractivity contribution in [3.05, 3.63) is 51.8 Å². The highest BCUT2D eigenvalue weighted by atomic mass is 79.9. The molecule has 0 saturated heterocycles. The van der Waals surface area contributed by atoms with E-state index in [-0.39, 0.29) is 0 Å². The Morgan fingerprint density at radius 3 is 2.61 bits per heavy atom. The lowest BCUT2D eigenvalue weighted by Gasteiger charge is -2.17. The Morgan fingerprint density at radius 1 is 1.22 bits per heavy atom. The molecule has 5 heteroatoms. The second-order valence-corrected chi connectivity index (χ2v) is 5.30. The van der Waals surface area contributed by atoms with Gasteiger partial charge in [-0.15, -0.1) is 0 Å². The first-order chi connectivity index (χ1) is 8.65. The summed E-state index contributed by atoms with van der Waals surface area (Å²) in [7, 11) is 1.99. The van der Waals surface area contributed by atoms with E-state index in [0.717, 1.165) is 23.3 Å². The lowest BCUT2D eigenvalue weighted by Crippen LogP contribution is -2.21. The largest absolute Gasteiger partial charge is 0.358 e. The summed E-state index contributed by atoms with van der Waals surface area (Å²) < 4.78 is 1.10. The predicted molar refractivity (Wildman–Crippen MR) is 78.2 cm³/mol. The van der Waals surface area contributed by atoms with E-state index >= 15 is 0 Å². The van der Waals surface area contributed by atoms with Crippen LogP contribution in [0.1, 0.15) is 5.56 Å². The van der Waals surface area contributed by atoms with Crippen LogP contribution in [0.4, 0.5) is 5.82 Å². The SMILES string of the molecule is CN(CCc1ccc(Br)cc1)c1cncc(Cl)n1. The average Bonchev–Trinajstić information content (AvgIpc) is 2.38. The predicted octanol–water partition coefficient (Wildman–Crippen LogP) is 3.57. The number of rotatable bonds is 4. The second kappa shape index (κ2) is 6.16. The van der Waals surface area contributed by atoms with Crippen molar-refractivity contribution in [2.24, 2.45) is 0 Å². The average molecular weight is 327 g/mol. The van der Waals surface area contributed by atoms with Crippen LogP contribution in [0.2, 0.25) is 5.15 Å². The van der Waals surface area contributed by atoms with Gasteiger partial charge in [-0.25, -0.2) is 4.98 Å². The summed E-state index contributed by atoms with van der Waals surface area (Å²) in [6.45, 7) is 0.872.